The summed E-state index contributed by atoms with van der Waals surface area (Å²) >= 11 is 0. The van der Waals surface area contributed by atoms with E-state index >= 15 is 0 Å². The van der Waals surface area contributed by atoms with Gasteiger partial charge in [0.15, 0.2) is 5.78 Å². The second kappa shape index (κ2) is 10.9. The second-order valence-corrected chi connectivity index (χ2v) is 6.94. The number of unbranched alkanes of at least 4 members (excludes halogenated alkanes) is 3. The van der Waals surface area contributed by atoms with Crippen LogP contribution in [0.3, 0.4) is 0 Å². The molecule has 1 atom stereocenters. The van der Waals surface area contributed by atoms with E-state index in [0.29, 0.717) is 6.42 Å². The van der Waals surface area contributed by atoms with E-state index in [1.165, 1.54) is 13.8 Å². The Labute approximate surface area is 150 Å². The molecule has 1 amide bonds. The number of carbonyl (C=O) groups excluding carboxylic acids is 2. The predicted molar refractivity (Wildman–Crippen MR) is 98.2 cm³/mol. The van der Waals surface area contributed by atoms with Gasteiger partial charge < -0.3 is 15.2 Å². The SMILES string of the molecule is CCCCCC[C@@H](CC(=O)C(C)(C)O)NC(=O)OCc1ccccc1. The Morgan fingerprint density at radius 3 is 2.44 bits per heavy atom. The zero-order chi connectivity index (χ0) is 18.7. The lowest BCUT2D eigenvalue weighted by atomic mass is 9.94. The van der Waals surface area contributed by atoms with Crippen molar-refractivity contribution in [3.05, 3.63) is 35.9 Å². The first-order chi connectivity index (χ1) is 11.8. The van der Waals surface area contributed by atoms with Crippen LogP contribution < -0.4 is 5.32 Å². The molecule has 5 heteroatoms. The summed E-state index contributed by atoms with van der Waals surface area (Å²) in [5.74, 6) is -0.281. The van der Waals surface area contributed by atoms with Crippen LogP contribution in [0.1, 0.15) is 64.9 Å². The standard InChI is InChI=1S/C20H31NO4/c1-4-5-6-10-13-17(14-18(22)20(2,3)24)21-19(23)25-15-16-11-8-7-9-12-16/h7-9,11-12,17,24H,4-6,10,13-15H2,1-3H3,(H,21,23)/t17-/m0/s1. The number of alkyl carbamates (subject to hydrolysis) is 1. The van der Waals surface area contributed by atoms with Gasteiger partial charge in [-0.1, -0.05) is 62.9 Å². The molecule has 0 spiro atoms. The maximum atomic E-state index is 12.1. The Morgan fingerprint density at radius 1 is 1.16 bits per heavy atom. The van der Waals surface area contributed by atoms with Crippen LogP contribution in [0.5, 0.6) is 0 Å². The van der Waals surface area contributed by atoms with E-state index in [1.807, 2.05) is 30.3 Å². The number of aliphatic hydroxyl groups is 1. The van der Waals surface area contributed by atoms with Crippen LogP contribution in [-0.2, 0) is 16.1 Å². The number of carbonyl (C=O) groups is 2. The summed E-state index contributed by atoms with van der Waals surface area (Å²) in [5, 5.41) is 12.6. The van der Waals surface area contributed by atoms with Crippen molar-refractivity contribution in [2.75, 3.05) is 0 Å². The smallest absolute Gasteiger partial charge is 0.407 e. The topological polar surface area (TPSA) is 75.6 Å². The van der Waals surface area contributed by atoms with Gasteiger partial charge in [0.1, 0.15) is 12.2 Å². The average Bonchev–Trinajstić information content (AvgIpc) is 2.57. The van der Waals surface area contributed by atoms with Gasteiger partial charge in [-0.15, -0.1) is 0 Å². The van der Waals surface area contributed by atoms with E-state index in [4.69, 9.17) is 4.74 Å². The molecule has 5 nitrogen and oxygen atoms in total. The number of rotatable bonds is 11. The van der Waals surface area contributed by atoms with E-state index in [-0.39, 0.29) is 24.9 Å². The number of hydrogen-bond acceptors (Lipinski definition) is 4. The van der Waals surface area contributed by atoms with Gasteiger partial charge in [0.2, 0.25) is 0 Å². The van der Waals surface area contributed by atoms with Gasteiger partial charge >= 0.3 is 6.09 Å². The van der Waals surface area contributed by atoms with Crippen LogP contribution in [0.25, 0.3) is 0 Å². The van der Waals surface area contributed by atoms with Crippen molar-refractivity contribution < 1.29 is 19.4 Å². The van der Waals surface area contributed by atoms with Crippen molar-refractivity contribution in [1.82, 2.24) is 5.32 Å². The molecule has 0 heterocycles. The Morgan fingerprint density at radius 2 is 1.84 bits per heavy atom. The minimum absolute atomic E-state index is 0.107. The van der Waals surface area contributed by atoms with E-state index in [9.17, 15) is 14.7 Å². The normalized spacial score (nSPS) is 12.5. The molecule has 0 aliphatic carbocycles. The summed E-state index contributed by atoms with van der Waals surface area (Å²) in [7, 11) is 0. The number of amides is 1. The van der Waals surface area contributed by atoms with Crippen LogP contribution >= 0.6 is 0 Å². The van der Waals surface area contributed by atoms with Crippen LogP contribution in [-0.4, -0.2) is 28.6 Å². The van der Waals surface area contributed by atoms with Crippen LogP contribution in [0.15, 0.2) is 30.3 Å². The molecule has 1 aromatic carbocycles. The first-order valence-corrected chi connectivity index (χ1v) is 9.05. The quantitative estimate of drug-likeness (QED) is 0.593. The van der Waals surface area contributed by atoms with Crippen LogP contribution in [0, 0.1) is 0 Å². The predicted octanol–water partition coefficient (Wildman–Crippen LogP) is 3.98. The lowest BCUT2D eigenvalue weighted by Gasteiger charge is -2.22. The van der Waals surface area contributed by atoms with Crippen molar-refractivity contribution >= 4 is 11.9 Å². The number of nitrogens with one attached hydrogen (secondary N) is 1. The maximum Gasteiger partial charge on any atom is 0.407 e. The average molecular weight is 349 g/mol. The number of ether oxygens (including phenoxy) is 1. The summed E-state index contributed by atoms with van der Waals surface area (Å²) in [4.78, 5) is 24.1. The zero-order valence-electron chi connectivity index (χ0n) is 15.6. The molecule has 0 radical (unpaired) electrons. The summed E-state index contributed by atoms with van der Waals surface area (Å²) in [6.45, 7) is 5.26. The monoisotopic (exact) mass is 349 g/mol. The Hall–Kier alpha value is -1.88. The van der Waals surface area contributed by atoms with Crippen molar-refractivity contribution in [3.63, 3.8) is 0 Å². The Bertz CT molecular complexity index is 522. The summed E-state index contributed by atoms with van der Waals surface area (Å²) in [6, 6.07) is 9.11. The molecule has 0 fully saturated rings. The number of Topliss-reactive ketones (excluding diaryl/α,β-unsaturated/α-hetero) is 1. The molecule has 0 aliphatic heterocycles. The van der Waals surface area contributed by atoms with E-state index in [0.717, 1.165) is 31.2 Å². The van der Waals surface area contributed by atoms with E-state index < -0.39 is 11.7 Å². The zero-order valence-corrected chi connectivity index (χ0v) is 15.6. The van der Waals surface area contributed by atoms with Gasteiger partial charge in [-0.05, 0) is 25.8 Å². The molecule has 0 aliphatic rings. The van der Waals surface area contributed by atoms with Gasteiger partial charge in [0.05, 0.1) is 0 Å². The summed E-state index contributed by atoms with van der Waals surface area (Å²) in [6.07, 6.45) is 4.51. The lowest BCUT2D eigenvalue weighted by Crippen LogP contribution is -2.41. The lowest BCUT2D eigenvalue weighted by molar-refractivity contribution is -0.134. The van der Waals surface area contributed by atoms with Crippen LogP contribution in [0.4, 0.5) is 4.79 Å². The highest BCUT2D eigenvalue weighted by Crippen LogP contribution is 2.14. The molecule has 0 aromatic heterocycles. The first kappa shape index (κ1) is 21.2. The minimum Gasteiger partial charge on any atom is -0.445 e. The number of ketones is 1. The molecule has 1 rings (SSSR count). The summed E-state index contributed by atoms with van der Waals surface area (Å²) < 4.78 is 5.23. The largest absolute Gasteiger partial charge is 0.445 e. The molecule has 25 heavy (non-hydrogen) atoms. The molecular formula is C20H31NO4. The van der Waals surface area contributed by atoms with E-state index in [2.05, 4.69) is 12.2 Å². The van der Waals surface area contributed by atoms with Crippen LogP contribution in [0.2, 0.25) is 0 Å². The molecule has 0 unspecified atom stereocenters. The maximum absolute atomic E-state index is 12.1. The van der Waals surface area contributed by atoms with Gasteiger partial charge in [-0.2, -0.15) is 0 Å². The van der Waals surface area contributed by atoms with E-state index in [1.54, 1.807) is 0 Å². The van der Waals surface area contributed by atoms with Crippen molar-refractivity contribution in [1.29, 1.82) is 0 Å². The van der Waals surface area contributed by atoms with Gasteiger partial charge in [0.25, 0.3) is 0 Å². The van der Waals surface area contributed by atoms with Crippen molar-refractivity contribution in [2.24, 2.45) is 0 Å². The third-order valence-corrected chi connectivity index (χ3v) is 4.06. The fourth-order valence-corrected chi connectivity index (χ4v) is 2.45. The third-order valence-electron chi connectivity index (χ3n) is 4.06. The third kappa shape index (κ3) is 9.25. The van der Waals surface area contributed by atoms with Crippen molar-refractivity contribution in [2.45, 2.75) is 77.5 Å². The molecule has 0 bridgehead atoms. The molecule has 0 saturated heterocycles. The highest BCUT2D eigenvalue weighted by Gasteiger charge is 2.27. The first-order valence-electron chi connectivity index (χ1n) is 9.05. The second-order valence-electron chi connectivity index (χ2n) is 6.94. The number of hydrogen-bond donors (Lipinski definition) is 2. The van der Waals surface area contributed by atoms with Gasteiger partial charge in [-0.3, -0.25) is 4.79 Å². The molecule has 1 aromatic rings. The molecule has 0 saturated carbocycles. The highest BCUT2D eigenvalue weighted by molar-refractivity contribution is 5.87. The summed E-state index contributed by atoms with van der Waals surface area (Å²) in [5.41, 5.74) is -0.484. The minimum atomic E-state index is -1.39. The van der Waals surface area contributed by atoms with Gasteiger partial charge in [-0.25, -0.2) is 4.79 Å². The van der Waals surface area contributed by atoms with Gasteiger partial charge in [0, 0.05) is 12.5 Å². The molecule has 2 N–H and O–H groups in total. The molecular weight excluding hydrogens is 318 g/mol. The Kier molecular flexibility index (Phi) is 9.21. The number of benzene rings is 1. The molecule has 140 valence electrons. The fraction of sp³-hybridized carbons (Fsp3) is 0.600. The Balaban J connectivity index is 2.52. The highest BCUT2D eigenvalue weighted by atomic mass is 16.5. The fourth-order valence-electron chi connectivity index (χ4n) is 2.45. The van der Waals surface area contributed by atoms with Crippen molar-refractivity contribution in [3.8, 4) is 0 Å².